The molecule has 1 atom stereocenters. The van der Waals surface area contributed by atoms with Crippen LogP contribution in [-0.4, -0.2) is 19.7 Å². The van der Waals surface area contributed by atoms with Crippen molar-refractivity contribution in [3.05, 3.63) is 54.1 Å². The van der Waals surface area contributed by atoms with Gasteiger partial charge in [0.05, 0.1) is 7.11 Å². The largest absolute Gasteiger partial charge is 0.496 e. The number of methoxy groups -OCH3 is 1. The molecule has 0 fully saturated rings. The van der Waals surface area contributed by atoms with Gasteiger partial charge in [0, 0.05) is 24.0 Å². The van der Waals surface area contributed by atoms with E-state index in [0.717, 1.165) is 24.0 Å². The molecule has 110 valence electrons. The number of nitrogens with one attached hydrogen (secondary N) is 1. The molecule has 0 amide bonds. The van der Waals surface area contributed by atoms with Gasteiger partial charge in [-0.1, -0.05) is 42.5 Å². The van der Waals surface area contributed by atoms with E-state index in [1.165, 1.54) is 10.9 Å². The van der Waals surface area contributed by atoms with E-state index in [0.29, 0.717) is 12.6 Å². The minimum Gasteiger partial charge on any atom is -0.496 e. The van der Waals surface area contributed by atoms with E-state index in [1.54, 1.807) is 7.11 Å². The molecule has 0 spiro atoms. The van der Waals surface area contributed by atoms with Gasteiger partial charge >= 0.3 is 0 Å². The second-order valence-electron chi connectivity index (χ2n) is 5.50. The zero-order valence-corrected chi connectivity index (χ0v) is 12.4. The maximum absolute atomic E-state index is 6.03. The minimum absolute atomic E-state index is 0.172. The van der Waals surface area contributed by atoms with Crippen LogP contribution in [0.2, 0.25) is 0 Å². The van der Waals surface area contributed by atoms with Crippen LogP contribution in [0.3, 0.4) is 0 Å². The first-order valence-electron chi connectivity index (χ1n) is 7.50. The highest BCUT2D eigenvalue weighted by molar-refractivity contribution is 5.91. The van der Waals surface area contributed by atoms with Crippen LogP contribution in [0.1, 0.15) is 24.4 Å². The molecular formula is C18H22N2O. The van der Waals surface area contributed by atoms with Crippen molar-refractivity contribution in [2.75, 3.05) is 13.7 Å². The lowest BCUT2D eigenvalue weighted by molar-refractivity contribution is 0.419. The lowest BCUT2D eigenvalue weighted by Crippen LogP contribution is -2.35. The summed E-state index contributed by atoms with van der Waals surface area (Å²) < 4.78 is 5.47. The van der Waals surface area contributed by atoms with Crippen LogP contribution in [0.5, 0.6) is 5.75 Å². The smallest absolute Gasteiger partial charge is 0.126 e. The fourth-order valence-electron chi connectivity index (χ4n) is 3.10. The topological polar surface area (TPSA) is 47.3 Å². The van der Waals surface area contributed by atoms with Crippen molar-refractivity contribution in [3.63, 3.8) is 0 Å². The molecule has 1 aliphatic carbocycles. The predicted octanol–water partition coefficient (Wildman–Crippen LogP) is 3.16. The highest BCUT2D eigenvalue weighted by Gasteiger charge is 2.19. The molecule has 0 aromatic heterocycles. The fraction of sp³-hybridized carbons (Fsp3) is 0.333. The van der Waals surface area contributed by atoms with Gasteiger partial charge in [-0.3, -0.25) is 0 Å². The van der Waals surface area contributed by atoms with E-state index in [9.17, 15) is 0 Å². The third-order valence-corrected chi connectivity index (χ3v) is 4.19. The van der Waals surface area contributed by atoms with Crippen molar-refractivity contribution in [3.8, 4) is 5.75 Å². The molecule has 3 nitrogen and oxygen atoms in total. The Balaban J connectivity index is 1.97. The standard InChI is InChI=1S/C18H22N2O/c1-21-18-11-10-15(14-8-4-5-9-16(14)18)17(12-19)20-13-6-2-3-7-13/h2-5,8-11,13,17,20H,6-7,12,19H2,1H3. The molecule has 0 saturated carbocycles. The zero-order valence-electron chi connectivity index (χ0n) is 12.4. The summed E-state index contributed by atoms with van der Waals surface area (Å²) in [5.41, 5.74) is 7.28. The molecule has 2 aromatic carbocycles. The quantitative estimate of drug-likeness (QED) is 0.828. The Labute approximate surface area is 125 Å². The van der Waals surface area contributed by atoms with E-state index in [1.807, 2.05) is 12.1 Å². The van der Waals surface area contributed by atoms with Gasteiger partial charge in [-0.05, 0) is 29.9 Å². The van der Waals surface area contributed by atoms with Crippen molar-refractivity contribution in [1.29, 1.82) is 0 Å². The Kier molecular flexibility index (Phi) is 4.23. The summed E-state index contributed by atoms with van der Waals surface area (Å²) in [7, 11) is 1.71. The first-order valence-corrected chi connectivity index (χ1v) is 7.50. The predicted molar refractivity (Wildman–Crippen MR) is 87.6 cm³/mol. The molecule has 3 heteroatoms. The fourth-order valence-corrected chi connectivity index (χ4v) is 3.10. The van der Waals surface area contributed by atoms with E-state index in [-0.39, 0.29) is 6.04 Å². The number of rotatable bonds is 5. The van der Waals surface area contributed by atoms with E-state index in [2.05, 4.69) is 41.7 Å². The Bertz CT molecular complexity index is 643. The summed E-state index contributed by atoms with van der Waals surface area (Å²) >= 11 is 0. The number of fused-ring (bicyclic) bond motifs is 1. The summed E-state index contributed by atoms with van der Waals surface area (Å²) in [5, 5.41) is 6.04. The van der Waals surface area contributed by atoms with Crippen LogP contribution >= 0.6 is 0 Å². The lowest BCUT2D eigenvalue weighted by Gasteiger charge is -2.24. The molecule has 2 aromatic rings. The summed E-state index contributed by atoms with van der Waals surface area (Å²) in [6, 6.07) is 13.2. The highest BCUT2D eigenvalue weighted by atomic mass is 16.5. The van der Waals surface area contributed by atoms with Gasteiger partial charge in [0.1, 0.15) is 5.75 Å². The molecule has 0 heterocycles. The molecular weight excluding hydrogens is 260 g/mol. The first-order chi connectivity index (χ1) is 10.3. The molecule has 21 heavy (non-hydrogen) atoms. The summed E-state index contributed by atoms with van der Waals surface area (Å²) in [4.78, 5) is 0. The summed E-state index contributed by atoms with van der Waals surface area (Å²) in [6.45, 7) is 0.590. The van der Waals surface area contributed by atoms with E-state index < -0.39 is 0 Å². The Hall–Kier alpha value is -1.84. The second kappa shape index (κ2) is 6.29. The zero-order chi connectivity index (χ0) is 14.7. The van der Waals surface area contributed by atoms with Crippen molar-refractivity contribution < 1.29 is 4.74 Å². The molecule has 1 aliphatic rings. The Morgan fingerprint density at radius 2 is 1.86 bits per heavy atom. The third-order valence-electron chi connectivity index (χ3n) is 4.19. The van der Waals surface area contributed by atoms with Gasteiger partial charge in [0.25, 0.3) is 0 Å². The molecule has 0 aliphatic heterocycles. The molecule has 0 radical (unpaired) electrons. The minimum atomic E-state index is 0.172. The van der Waals surface area contributed by atoms with Crippen LogP contribution in [0, 0.1) is 0 Å². The summed E-state index contributed by atoms with van der Waals surface area (Å²) in [6.07, 6.45) is 6.64. The SMILES string of the molecule is COc1ccc(C(CN)NC2CC=CC2)c2ccccc12. The van der Waals surface area contributed by atoms with Crippen molar-refractivity contribution in [1.82, 2.24) is 5.32 Å². The van der Waals surface area contributed by atoms with Crippen LogP contribution in [0.15, 0.2) is 48.6 Å². The van der Waals surface area contributed by atoms with E-state index in [4.69, 9.17) is 10.5 Å². The van der Waals surface area contributed by atoms with Crippen LogP contribution in [-0.2, 0) is 0 Å². The van der Waals surface area contributed by atoms with Crippen molar-refractivity contribution >= 4 is 10.8 Å². The maximum atomic E-state index is 6.03. The maximum Gasteiger partial charge on any atom is 0.126 e. The Morgan fingerprint density at radius 3 is 2.52 bits per heavy atom. The first kappa shape index (κ1) is 14.1. The molecule has 0 bridgehead atoms. The van der Waals surface area contributed by atoms with Gasteiger partial charge in [0.15, 0.2) is 0 Å². The normalized spacial score (nSPS) is 16.5. The highest BCUT2D eigenvalue weighted by Crippen LogP contribution is 2.31. The second-order valence-corrected chi connectivity index (χ2v) is 5.50. The average molecular weight is 282 g/mol. The number of hydrogen-bond donors (Lipinski definition) is 2. The number of hydrogen-bond acceptors (Lipinski definition) is 3. The van der Waals surface area contributed by atoms with Gasteiger partial charge < -0.3 is 15.8 Å². The van der Waals surface area contributed by atoms with E-state index >= 15 is 0 Å². The van der Waals surface area contributed by atoms with Crippen LogP contribution in [0.25, 0.3) is 10.8 Å². The van der Waals surface area contributed by atoms with Crippen molar-refractivity contribution in [2.24, 2.45) is 5.73 Å². The summed E-state index contributed by atoms with van der Waals surface area (Å²) in [5.74, 6) is 0.910. The van der Waals surface area contributed by atoms with Gasteiger partial charge in [-0.2, -0.15) is 0 Å². The Morgan fingerprint density at radius 1 is 1.14 bits per heavy atom. The monoisotopic (exact) mass is 282 g/mol. The van der Waals surface area contributed by atoms with Gasteiger partial charge in [0.2, 0.25) is 0 Å². The van der Waals surface area contributed by atoms with Gasteiger partial charge in [-0.25, -0.2) is 0 Å². The number of benzene rings is 2. The third kappa shape index (κ3) is 2.80. The van der Waals surface area contributed by atoms with Crippen LogP contribution < -0.4 is 15.8 Å². The number of ether oxygens (including phenoxy) is 1. The van der Waals surface area contributed by atoms with Crippen LogP contribution in [0.4, 0.5) is 0 Å². The molecule has 3 rings (SSSR count). The lowest BCUT2D eigenvalue weighted by atomic mass is 9.97. The molecule has 1 unspecified atom stereocenters. The van der Waals surface area contributed by atoms with Crippen molar-refractivity contribution in [2.45, 2.75) is 24.9 Å². The van der Waals surface area contributed by atoms with Gasteiger partial charge in [-0.15, -0.1) is 0 Å². The average Bonchev–Trinajstić information content (AvgIpc) is 3.05. The number of nitrogens with two attached hydrogens (primary N) is 1. The molecule has 3 N–H and O–H groups in total. The molecule has 0 saturated heterocycles.